The molecule has 31 heavy (non-hydrogen) atoms. The number of carbonyl (C=O) groups is 1. The van der Waals surface area contributed by atoms with Crippen LogP contribution in [-0.2, 0) is 0 Å². The number of hydrogen-bond acceptors (Lipinski definition) is 1. The van der Waals surface area contributed by atoms with Crippen molar-refractivity contribution < 1.29 is 18.7 Å². The molecule has 0 heterocycles. The van der Waals surface area contributed by atoms with Crippen molar-refractivity contribution in [3.05, 3.63) is 119 Å². The summed E-state index contributed by atoms with van der Waals surface area (Å²) in [6.45, 7) is 0. The highest BCUT2D eigenvalue weighted by Crippen LogP contribution is 2.26. The van der Waals surface area contributed by atoms with E-state index >= 15 is 0 Å². The van der Waals surface area contributed by atoms with Crippen molar-refractivity contribution in [2.24, 2.45) is 0 Å². The van der Waals surface area contributed by atoms with Gasteiger partial charge in [-0.2, -0.15) is 0 Å². The Hall–Kier alpha value is -4.05. The molecule has 152 valence electrons. The van der Waals surface area contributed by atoms with E-state index in [0.717, 1.165) is 16.7 Å². The summed E-state index contributed by atoms with van der Waals surface area (Å²) in [6, 6.07) is 25.1. The SMILES string of the molecule is O=C(O)c1ccc(-c2ccc(F)cc2)cc1C=Cc1ccc(-c2ccccc2)c(F)c1. The molecular formula is C27H18F2O2. The van der Waals surface area contributed by atoms with Crippen molar-refractivity contribution in [2.45, 2.75) is 0 Å². The molecule has 0 aromatic heterocycles. The Morgan fingerprint density at radius 1 is 0.710 bits per heavy atom. The normalized spacial score (nSPS) is 11.0. The number of halogens is 2. The second kappa shape index (κ2) is 8.76. The van der Waals surface area contributed by atoms with Gasteiger partial charge in [-0.3, -0.25) is 0 Å². The highest BCUT2D eigenvalue weighted by atomic mass is 19.1. The Labute approximate surface area is 178 Å². The van der Waals surface area contributed by atoms with E-state index in [0.29, 0.717) is 16.7 Å². The third kappa shape index (κ3) is 4.59. The van der Waals surface area contributed by atoms with Gasteiger partial charge in [0.15, 0.2) is 0 Å². The van der Waals surface area contributed by atoms with E-state index in [-0.39, 0.29) is 17.2 Å². The zero-order chi connectivity index (χ0) is 21.8. The molecule has 4 aromatic carbocycles. The zero-order valence-electron chi connectivity index (χ0n) is 16.4. The first-order valence-electron chi connectivity index (χ1n) is 9.67. The Morgan fingerprint density at radius 2 is 1.42 bits per heavy atom. The Bertz CT molecular complexity index is 1260. The molecule has 0 atom stereocenters. The van der Waals surface area contributed by atoms with Gasteiger partial charge in [0.05, 0.1) is 5.56 Å². The third-order valence-corrected chi connectivity index (χ3v) is 4.99. The fraction of sp³-hybridized carbons (Fsp3) is 0. The molecule has 0 saturated heterocycles. The summed E-state index contributed by atoms with van der Waals surface area (Å²) in [6.07, 6.45) is 3.32. The minimum absolute atomic E-state index is 0.128. The fourth-order valence-electron chi connectivity index (χ4n) is 3.39. The predicted octanol–water partition coefficient (Wildman–Crippen LogP) is 7.17. The Balaban J connectivity index is 1.67. The number of carboxylic acids is 1. The van der Waals surface area contributed by atoms with Gasteiger partial charge in [-0.15, -0.1) is 0 Å². The van der Waals surface area contributed by atoms with E-state index in [2.05, 4.69) is 0 Å². The van der Waals surface area contributed by atoms with E-state index in [9.17, 15) is 18.7 Å². The van der Waals surface area contributed by atoms with Gasteiger partial charge >= 0.3 is 5.97 Å². The van der Waals surface area contributed by atoms with Gasteiger partial charge in [0.1, 0.15) is 11.6 Å². The highest BCUT2D eigenvalue weighted by Gasteiger charge is 2.10. The monoisotopic (exact) mass is 412 g/mol. The van der Waals surface area contributed by atoms with Gasteiger partial charge in [-0.1, -0.05) is 72.8 Å². The van der Waals surface area contributed by atoms with E-state index < -0.39 is 5.97 Å². The molecule has 1 N–H and O–H groups in total. The lowest BCUT2D eigenvalue weighted by Gasteiger charge is -2.07. The molecule has 4 heteroatoms. The zero-order valence-corrected chi connectivity index (χ0v) is 16.4. The summed E-state index contributed by atoms with van der Waals surface area (Å²) in [4.78, 5) is 11.6. The van der Waals surface area contributed by atoms with Crippen LogP contribution in [0.5, 0.6) is 0 Å². The number of rotatable bonds is 5. The number of carboxylic acid groups (broad SMARTS) is 1. The summed E-state index contributed by atoms with van der Waals surface area (Å²) in [5.41, 5.74) is 4.03. The molecular weight excluding hydrogens is 394 g/mol. The van der Waals surface area contributed by atoms with Crippen LogP contribution in [0.25, 0.3) is 34.4 Å². The van der Waals surface area contributed by atoms with Crippen LogP contribution in [0.3, 0.4) is 0 Å². The molecule has 4 rings (SSSR count). The standard InChI is InChI=1S/C27H18F2O2/c28-23-12-9-19(10-13-23)21-11-15-25(27(30)31)22(17-21)8-6-18-7-14-24(26(29)16-18)20-4-2-1-3-5-20/h1-17H,(H,30,31). The summed E-state index contributed by atoms with van der Waals surface area (Å²) in [5.74, 6) is -1.75. The lowest BCUT2D eigenvalue weighted by Crippen LogP contribution is -1.99. The minimum atomic E-state index is -1.06. The molecule has 0 unspecified atom stereocenters. The van der Waals surface area contributed by atoms with Gasteiger partial charge in [0, 0.05) is 5.56 Å². The van der Waals surface area contributed by atoms with Gasteiger partial charge in [-0.05, 0) is 58.1 Å². The third-order valence-electron chi connectivity index (χ3n) is 4.99. The molecule has 0 bridgehead atoms. The maximum atomic E-state index is 14.6. The first-order chi connectivity index (χ1) is 15.0. The molecule has 0 aliphatic rings. The van der Waals surface area contributed by atoms with E-state index in [1.807, 2.05) is 30.3 Å². The molecule has 4 aromatic rings. The molecule has 0 radical (unpaired) electrons. The van der Waals surface area contributed by atoms with Crippen LogP contribution in [0.4, 0.5) is 8.78 Å². The van der Waals surface area contributed by atoms with Gasteiger partial charge in [-0.25, -0.2) is 13.6 Å². The first-order valence-corrected chi connectivity index (χ1v) is 9.67. The number of hydrogen-bond donors (Lipinski definition) is 1. The quantitative estimate of drug-likeness (QED) is 0.353. The van der Waals surface area contributed by atoms with Crippen LogP contribution in [0, 0.1) is 11.6 Å². The van der Waals surface area contributed by atoms with Crippen LogP contribution in [0.15, 0.2) is 91.0 Å². The summed E-state index contributed by atoms with van der Waals surface area (Å²) >= 11 is 0. The highest BCUT2D eigenvalue weighted by molar-refractivity contribution is 5.94. The van der Waals surface area contributed by atoms with Crippen molar-refractivity contribution in [3.8, 4) is 22.3 Å². The summed E-state index contributed by atoms with van der Waals surface area (Å²) in [7, 11) is 0. The van der Waals surface area contributed by atoms with Gasteiger partial charge < -0.3 is 5.11 Å². The van der Waals surface area contributed by atoms with Crippen molar-refractivity contribution in [1.29, 1.82) is 0 Å². The number of aromatic carboxylic acids is 1. The van der Waals surface area contributed by atoms with Crippen LogP contribution >= 0.6 is 0 Å². The minimum Gasteiger partial charge on any atom is -0.478 e. The van der Waals surface area contributed by atoms with Crippen molar-refractivity contribution in [1.82, 2.24) is 0 Å². The maximum absolute atomic E-state index is 14.6. The first kappa shape index (κ1) is 20.2. The van der Waals surface area contributed by atoms with E-state index in [1.54, 1.807) is 48.6 Å². The smallest absolute Gasteiger partial charge is 0.336 e. The second-order valence-corrected chi connectivity index (χ2v) is 7.05. The predicted molar refractivity (Wildman–Crippen MR) is 120 cm³/mol. The lowest BCUT2D eigenvalue weighted by molar-refractivity contribution is 0.0696. The van der Waals surface area contributed by atoms with Gasteiger partial charge in [0.2, 0.25) is 0 Å². The van der Waals surface area contributed by atoms with E-state index in [4.69, 9.17) is 0 Å². The molecule has 0 aliphatic heterocycles. The van der Waals surface area contributed by atoms with Crippen LogP contribution in [-0.4, -0.2) is 11.1 Å². The summed E-state index contributed by atoms with van der Waals surface area (Å²) in [5, 5.41) is 9.52. The largest absolute Gasteiger partial charge is 0.478 e. The molecule has 2 nitrogen and oxygen atoms in total. The van der Waals surface area contributed by atoms with Crippen LogP contribution in [0.2, 0.25) is 0 Å². The molecule has 0 fully saturated rings. The van der Waals surface area contributed by atoms with E-state index in [1.165, 1.54) is 24.3 Å². The van der Waals surface area contributed by atoms with Crippen molar-refractivity contribution in [2.75, 3.05) is 0 Å². The topological polar surface area (TPSA) is 37.3 Å². The average Bonchev–Trinajstić information content (AvgIpc) is 2.78. The van der Waals surface area contributed by atoms with Crippen molar-refractivity contribution >= 4 is 18.1 Å². The molecule has 0 spiro atoms. The summed E-state index contributed by atoms with van der Waals surface area (Å²) < 4.78 is 27.8. The maximum Gasteiger partial charge on any atom is 0.336 e. The fourth-order valence-corrected chi connectivity index (χ4v) is 3.39. The molecule has 0 saturated carbocycles. The lowest BCUT2D eigenvalue weighted by atomic mass is 9.98. The van der Waals surface area contributed by atoms with Crippen LogP contribution < -0.4 is 0 Å². The van der Waals surface area contributed by atoms with Crippen LogP contribution in [0.1, 0.15) is 21.5 Å². The second-order valence-electron chi connectivity index (χ2n) is 7.05. The Kier molecular flexibility index (Phi) is 5.72. The van der Waals surface area contributed by atoms with Gasteiger partial charge in [0.25, 0.3) is 0 Å². The average molecular weight is 412 g/mol. The Morgan fingerprint density at radius 3 is 2.10 bits per heavy atom. The molecule has 0 amide bonds. The van der Waals surface area contributed by atoms with Crippen molar-refractivity contribution in [3.63, 3.8) is 0 Å². The molecule has 0 aliphatic carbocycles. The number of benzene rings is 4.